The first-order valence-corrected chi connectivity index (χ1v) is 8.36. The number of aromatic nitrogens is 1. The maximum Gasteiger partial charge on any atom is 0.352 e. The lowest BCUT2D eigenvalue weighted by molar-refractivity contribution is 0.0690. The second-order valence-corrected chi connectivity index (χ2v) is 6.49. The van der Waals surface area contributed by atoms with Crippen LogP contribution in [0.1, 0.15) is 38.9 Å². The summed E-state index contributed by atoms with van der Waals surface area (Å²) in [7, 11) is 3.22. The van der Waals surface area contributed by atoms with E-state index >= 15 is 0 Å². The number of rotatable bonds is 4. The van der Waals surface area contributed by atoms with Crippen LogP contribution in [0.3, 0.4) is 0 Å². The van der Waals surface area contributed by atoms with Crippen molar-refractivity contribution in [2.24, 2.45) is 0 Å². The molecule has 0 saturated carbocycles. The van der Waals surface area contributed by atoms with Crippen molar-refractivity contribution in [2.45, 2.75) is 19.4 Å². The third-order valence-corrected chi connectivity index (χ3v) is 5.42. The molecule has 2 aromatic rings. The summed E-state index contributed by atoms with van der Waals surface area (Å²) in [6.07, 6.45) is 0.870. The van der Waals surface area contributed by atoms with Crippen LogP contribution in [0.2, 0.25) is 0 Å². The van der Waals surface area contributed by atoms with Gasteiger partial charge in [0.1, 0.15) is 5.69 Å². The molecular weight excluding hydrogens is 376 g/mol. The Morgan fingerprint density at radius 1 is 1.29 bits per heavy atom. The molecule has 3 N–H and O–H groups in total. The molecule has 6 nitrogen and oxygen atoms in total. The number of methoxy groups -OCH3 is 2. The van der Waals surface area contributed by atoms with E-state index in [1.165, 1.54) is 0 Å². The Labute approximate surface area is 148 Å². The van der Waals surface area contributed by atoms with Gasteiger partial charge < -0.3 is 24.9 Å². The number of H-pyrrole nitrogens is 1. The van der Waals surface area contributed by atoms with Crippen LogP contribution < -0.4 is 14.8 Å². The van der Waals surface area contributed by atoms with E-state index in [4.69, 9.17) is 9.47 Å². The molecule has 0 spiro atoms. The number of benzene rings is 1. The summed E-state index contributed by atoms with van der Waals surface area (Å²) in [4.78, 5) is 14.4. The summed E-state index contributed by atoms with van der Waals surface area (Å²) >= 11 is 3.53. The summed E-state index contributed by atoms with van der Waals surface area (Å²) in [6, 6.07) is 3.80. The molecule has 0 amide bonds. The fourth-order valence-electron chi connectivity index (χ4n) is 3.15. The quantitative estimate of drug-likeness (QED) is 0.741. The Balaban J connectivity index is 2.13. The smallest absolute Gasteiger partial charge is 0.352 e. The number of fused-ring (bicyclic) bond motifs is 1. The Hall–Kier alpha value is -1.99. The van der Waals surface area contributed by atoms with E-state index in [1.807, 2.05) is 12.1 Å². The van der Waals surface area contributed by atoms with Gasteiger partial charge in [-0.1, -0.05) is 0 Å². The van der Waals surface area contributed by atoms with Crippen molar-refractivity contribution in [3.8, 4) is 11.5 Å². The number of aromatic amines is 1. The van der Waals surface area contributed by atoms with Gasteiger partial charge in [-0.2, -0.15) is 0 Å². The first-order valence-electron chi connectivity index (χ1n) is 7.57. The SMILES string of the molecule is COc1cc2c(cc1OC)C(c1[nH]c(C(=O)O)c(C)c1Br)NCC2. The maximum absolute atomic E-state index is 11.4. The van der Waals surface area contributed by atoms with Gasteiger partial charge in [-0.3, -0.25) is 0 Å². The summed E-state index contributed by atoms with van der Waals surface area (Å²) in [5.41, 5.74) is 3.90. The minimum Gasteiger partial charge on any atom is -0.493 e. The molecule has 1 aliphatic rings. The van der Waals surface area contributed by atoms with Crippen molar-refractivity contribution >= 4 is 21.9 Å². The number of carboxylic acids is 1. The van der Waals surface area contributed by atoms with Gasteiger partial charge in [-0.15, -0.1) is 0 Å². The van der Waals surface area contributed by atoms with Gasteiger partial charge in [0.25, 0.3) is 0 Å². The van der Waals surface area contributed by atoms with Crippen LogP contribution in [0.5, 0.6) is 11.5 Å². The molecule has 2 heterocycles. The highest BCUT2D eigenvalue weighted by Gasteiger charge is 2.29. The Bertz CT molecular complexity index is 800. The standard InChI is InChI=1S/C17H19BrN2O4/c1-8-13(18)16(20-14(8)17(21)22)15-10-7-12(24-3)11(23-2)6-9(10)4-5-19-15/h6-7,15,19-20H,4-5H2,1-3H3,(H,21,22). The molecule has 3 rings (SSSR count). The van der Waals surface area contributed by atoms with Gasteiger partial charge in [0.05, 0.1) is 26.0 Å². The van der Waals surface area contributed by atoms with Gasteiger partial charge in [-0.05, 0) is 58.1 Å². The second-order valence-electron chi connectivity index (χ2n) is 5.70. The Kier molecular flexibility index (Phi) is 4.56. The molecule has 0 saturated heterocycles. The van der Waals surface area contributed by atoms with Gasteiger partial charge >= 0.3 is 5.97 Å². The predicted molar refractivity (Wildman–Crippen MR) is 93.3 cm³/mol. The molecule has 0 bridgehead atoms. The van der Waals surface area contributed by atoms with Crippen LogP contribution in [0.25, 0.3) is 0 Å². The molecule has 1 aromatic heterocycles. The molecule has 7 heteroatoms. The van der Waals surface area contributed by atoms with Crippen LogP contribution in [-0.2, 0) is 6.42 Å². The minimum absolute atomic E-state index is 0.144. The zero-order chi connectivity index (χ0) is 17.4. The fraction of sp³-hybridized carbons (Fsp3) is 0.353. The minimum atomic E-state index is -0.970. The van der Waals surface area contributed by atoms with E-state index in [0.29, 0.717) is 17.1 Å². The highest BCUT2D eigenvalue weighted by Crippen LogP contribution is 2.40. The van der Waals surface area contributed by atoms with E-state index in [1.54, 1.807) is 21.1 Å². The topological polar surface area (TPSA) is 83.6 Å². The first-order chi connectivity index (χ1) is 11.5. The zero-order valence-electron chi connectivity index (χ0n) is 13.7. The molecule has 1 unspecified atom stereocenters. The number of hydrogen-bond donors (Lipinski definition) is 3. The van der Waals surface area contributed by atoms with Gasteiger partial charge in [0, 0.05) is 11.0 Å². The maximum atomic E-state index is 11.4. The molecule has 1 aliphatic heterocycles. The zero-order valence-corrected chi connectivity index (χ0v) is 15.3. The molecule has 1 atom stereocenters. The van der Waals surface area contributed by atoms with Crippen molar-refractivity contribution in [2.75, 3.05) is 20.8 Å². The van der Waals surface area contributed by atoms with E-state index in [2.05, 4.69) is 26.2 Å². The third kappa shape index (κ3) is 2.67. The van der Waals surface area contributed by atoms with E-state index < -0.39 is 5.97 Å². The first kappa shape index (κ1) is 16.9. The average Bonchev–Trinajstić information content (AvgIpc) is 2.88. The normalized spacial score (nSPS) is 16.6. The van der Waals surface area contributed by atoms with Crippen LogP contribution in [0.4, 0.5) is 0 Å². The number of nitrogens with one attached hydrogen (secondary N) is 2. The van der Waals surface area contributed by atoms with Crippen LogP contribution in [0, 0.1) is 6.92 Å². The lowest BCUT2D eigenvalue weighted by Gasteiger charge is -2.28. The van der Waals surface area contributed by atoms with Gasteiger partial charge in [0.2, 0.25) is 0 Å². The highest BCUT2D eigenvalue weighted by molar-refractivity contribution is 9.10. The van der Waals surface area contributed by atoms with E-state index in [9.17, 15) is 9.90 Å². The van der Waals surface area contributed by atoms with E-state index in [0.717, 1.165) is 34.3 Å². The largest absolute Gasteiger partial charge is 0.493 e. The van der Waals surface area contributed by atoms with Crippen molar-refractivity contribution in [1.29, 1.82) is 0 Å². The summed E-state index contributed by atoms with van der Waals surface area (Å²) < 4.78 is 11.6. The summed E-state index contributed by atoms with van der Waals surface area (Å²) in [6.45, 7) is 2.58. The average molecular weight is 395 g/mol. The van der Waals surface area contributed by atoms with Crippen LogP contribution in [-0.4, -0.2) is 36.8 Å². The molecule has 128 valence electrons. The highest BCUT2D eigenvalue weighted by atomic mass is 79.9. The summed E-state index contributed by atoms with van der Waals surface area (Å²) in [5, 5.41) is 12.8. The van der Waals surface area contributed by atoms with E-state index in [-0.39, 0.29) is 11.7 Å². The summed E-state index contributed by atoms with van der Waals surface area (Å²) in [5.74, 6) is 0.385. The van der Waals surface area contributed by atoms with Gasteiger partial charge in [-0.25, -0.2) is 4.79 Å². The number of carboxylic acid groups (broad SMARTS) is 1. The molecular formula is C17H19BrN2O4. The number of hydrogen-bond acceptors (Lipinski definition) is 4. The van der Waals surface area contributed by atoms with Crippen molar-refractivity contribution < 1.29 is 19.4 Å². The molecule has 1 aromatic carbocycles. The Morgan fingerprint density at radius 3 is 2.54 bits per heavy atom. The van der Waals surface area contributed by atoms with Crippen LogP contribution in [0.15, 0.2) is 16.6 Å². The lowest BCUT2D eigenvalue weighted by Crippen LogP contribution is -2.31. The predicted octanol–water partition coefficient (Wildman–Crippen LogP) is 3.04. The lowest BCUT2D eigenvalue weighted by atomic mass is 9.91. The van der Waals surface area contributed by atoms with Crippen LogP contribution >= 0.6 is 15.9 Å². The Morgan fingerprint density at radius 2 is 1.96 bits per heavy atom. The number of carbonyl (C=O) groups is 1. The second kappa shape index (κ2) is 6.49. The number of aromatic carboxylic acids is 1. The molecule has 24 heavy (non-hydrogen) atoms. The molecule has 0 radical (unpaired) electrons. The van der Waals surface area contributed by atoms with Gasteiger partial charge in [0.15, 0.2) is 11.5 Å². The number of ether oxygens (including phenoxy) is 2. The van der Waals surface area contributed by atoms with Crippen molar-refractivity contribution in [3.63, 3.8) is 0 Å². The van der Waals surface area contributed by atoms with Crippen molar-refractivity contribution in [3.05, 3.63) is 44.7 Å². The third-order valence-electron chi connectivity index (χ3n) is 4.40. The number of halogens is 1. The molecule has 0 aliphatic carbocycles. The fourth-order valence-corrected chi connectivity index (χ4v) is 3.67. The molecule has 0 fully saturated rings. The van der Waals surface area contributed by atoms with Crippen molar-refractivity contribution in [1.82, 2.24) is 10.3 Å². The monoisotopic (exact) mass is 394 g/mol.